The largest absolute Gasteiger partial charge is 0.490 e. The summed E-state index contributed by atoms with van der Waals surface area (Å²) in [6.45, 7) is 1.30. The minimum Gasteiger partial charge on any atom is -0.490 e. The molecule has 0 aliphatic carbocycles. The zero-order valence-corrected chi connectivity index (χ0v) is 18.2. The minimum atomic E-state index is 0.480. The molecule has 0 saturated carbocycles. The molecule has 0 fully saturated rings. The zero-order valence-electron chi connectivity index (χ0n) is 16.6. The number of rotatable bonds is 5. The zero-order chi connectivity index (χ0) is 21.2. The first-order chi connectivity index (χ1) is 15.2. The summed E-state index contributed by atoms with van der Waals surface area (Å²) in [5.74, 6) is 3.74. The highest BCUT2D eigenvalue weighted by Crippen LogP contribution is 2.34. The van der Waals surface area contributed by atoms with E-state index in [-0.39, 0.29) is 0 Å². The van der Waals surface area contributed by atoms with Gasteiger partial charge >= 0.3 is 0 Å². The summed E-state index contributed by atoms with van der Waals surface area (Å²) in [5.41, 5.74) is 1.76. The highest BCUT2D eigenvalue weighted by molar-refractivity contribution is 7.98. The van der Waals surface area contributed by atoms with Crippen LogP contribution in [-0.4, -0.2) is 38.1 Å². The van der Waals surface area contributed by atoms with Crippen molar-refractivity contribution in [3.63, 3.8) is 0 Å². The highest BCUT2D eigenvalue weighted by Gasteiger charge is 2.17. The van der Waals surface area contributed by atoms with Gasteiger partial charge in [0.1, 0.15) is 0 Å². The first-order valence-electron chi connectivity index (χ1n) is 9.68. The molecule has 0 radical (unpaired) electrons. The lowest BCUT2D eigenvalue weighted by molar-refractivity contribution is 0.297. The number of thioether (sulfide) groups is 1. The van der Waals surface area contributed by atoms with Crippen LogP contribution in [0.15, 0.2) is 52.1 Å². The van der Waals surface area contributed by atoms with E-state index in [1.807, 2.05) is 41.9 Å². The number of aromatic nitrogens is 5. The van der Waals surface area contributed by atoms with E-state index >= 15 is 0 Å². The standard InChI is InChI=1S/C21H18ClN5O3S/c1-27-20(14-5-8-16-17(11-14)29-10-2-9-28-16)24-25-21(27)31-12-18-23-19(26-30-18)13-3-6-15(22)7-4-13/h3-8,11H,2,9-10,12H2,1H3. The quantitative estimate of drug-likeness (QED) is 0.402. The Bertz CT molecular complexity index is 1210. The van der Waals surface area contributed by atoms with Gasteiger partial charge in [-0.2, -0.15) is 4.98 Å². The molecule has 0 spiro atoms. The number of fused-ring (bicyclic) bond motifs is 1. The van der Waals surface area contributed by atoms with E-state index in [0.29, 0.717) is 35.7 Å². The van der Waals surface area contributed by atoms with E-state index in [2.05, 4.69) is 20.3 Å². The maximum absolute atomic E-state index is 5.93. The molecule has 10 heteroatoms. The van der Waals surface area contributed by atoms with Gasteiger partial charge in [-0.1, -0.05) is 28.5 Å². The number of hydrogen-bond donors (Lipinski definition) is 0. The van der Waals surface area contributed by atoms with Crippen LogP contribution in [0.5, 0.6) is 11.5 Å². The lowest BCUT2D eigenvalue weighted by Crippen LogP contribution is -1.97. The van der Waals surface area contributed by atoms with Crippen molar-refractivity contribution in [3.05, 3.63) is 53.4 Å². The van der Waals surface area contributed by atoms with Crippen molar-refractivity contribution in [2.45, 2.75) is 17.3 Å². The second kappa shape index (κ2) is 8.60. The van der Waals surface area contributed by atoms with Gasteiger partial charge in [-0.15, -0.1) is 10.2 Å². The lowest BCUT2D eigenvalue weighted by Gasteiger charge is -2.09. The summed E-state index contributed by atoms with van der Waals surface area (Å²) in [4.78, 5) is 4.45. The van der Waals surface area contributed by atoms with E-state index in [1.165, 1.54) is 11.8 Å². The van der Waals surface area contributed by atoms with Crippen molar-refractivity contribution in [2.24, 2.45) is 7.05 Å². The summed E-state index contributed by atoms with van der Waals surface area (Å²) in [7, 11) is 1.92. The fraction of sp³-hybridized carbons (Fsp3) is 0.238. The predicted octanol–water partition coefficient (Wildman–Crippen LogP) is 4.64. The Morgan fingerprint density at radius 1 is 1.00 bits per heavy atom. The van der Waals surface area contributed by atoms with Gasteiger partial charge in [0.05, 0.1) is 19.0 Å². The molecule has 0 unspecified atom stereocenters. The molecule has 0 bridgehead atoms. The number of hydrogen-bond acceptors (Lipinski definition) is 8. The summed E-state index contributed by atoms with van der Waals surface area (Å²) >= 11 is 7.40. The molecule has 158 valence electrons. The molecule has 31 heavy (non-hydrogen) atoms. The lowest BCUT2D eigenvalue weighted by atomic mass is 10.2. The van der Waals surface area contributed by atoms with Gasteiger partial charge in [0, 0.05) is 29.6 Å². The van der Waals surface area contributed by atoms with Crippen LogP contribution in [0.3, 0.4) is 0 Å². The summed E-state index contributed by atoms with van der Waals surface area (Å²) < 4.78 is 18.8. The molecule has 0 amide bonds. The van der Waals surface area contributed by atoms with Gasteiger partial charge in [-0.05, 0) is 42.5 Å². The second-order valence-electron chi connectivity index (χ2n) is 6.88. The Morgan fingerprint density at radius 2 is 1.77 bits per heavy atom. The van der Waals surface area contributed by atoms with E-state index in [9.17, 15) is 0 Å². The minimum absolute atomic E-state index is 0.480. The van der Waals surface area contributed by atoms with Crippen LogP contribution < -0.4 is 9.47 Å². The normalized spacial score (nSPS) is 13.2. The fourth-order valence-electron chi connectivity index (χ4n) is 3.15. The average molecular weight is 456 g/mol. The summed E-state index contributed by atoms with van der Waals surface area (Å²) in [6.07, 6.45) is 0.865. The smallest absolute Gasteiger partial charge is 0.237 e. The third kappa shape index (κ3) is 4.24. The van der Waals surface area contributed by atoms with Crippen molar-refractivity contribution in [1.29, 1.82) is 0 Å². The predicted molar refractivity (Wildman–Crippen MR) is 116 cm³/mol. The third-order valence-electron chi connectivity index (χ3n) is 4.74. The molecule has 0 atom stereocenters. The molecule has 8 nitrogen and oxygen atoms in total. The Hall–Kier alpha value is -3.04. The maximum Gasteiger partial charge on any atom is 0.237 e. The molecular weight excluding hydrogens is 438 g/mol. The number of halogens is 1. The Kier molecular flexibility index (Phi) is 5.52. The van der Waals surface area contributed by atoms with Crippen LogP contribution in [0.4, 0.5) is 0 Å². The van der Waals surface area contributed by atoms with Gasteiger partial charge < -0.3 is 18.6 Å². The van der Waals surface area contributed by atoms with E-state index < -0.39 is 0 Å². The number of nitrogens with zero attached hydrogens (tertiary/aromatic N) is 5. The van der Waals surface area contributed by atoms with Gasteiger partial charge in [-0.3, -0.25) is 0 Å². The van der Waals surface area contributed by atoms with Crippen LogP contribution in [0.25, 0.3) is 22.8 Å². The highest BCUT2D eigenvalue weighted by atomic mass is 35.5. The van der Waals surface area contributed by atoms with Crippen molar-refractivity contribution in [2.75, 3.05) is 13.2 Å². The average Bonchev–Trinajstić information content (AvgIpc) is 3.32. The molecule has 0 saturated heterocycles. The molecule has 4 aromatic rings. The monoisotopic (exact) mass is 455 g/mol. The van der Waals surface area contributed by atoms with Crippen LogP contribution >= 0.6 is 23.4 Å². The summed E-state index contributed by atoms with van der Waals surface area (Å²) in [6, 6.07) is 13.1. The van der Waals surface area contributed by atoms with Crippen LogP contribution in [-0.2, 0) is 12.8 Å². The van der Waals surface area contributed by atoms with Gasteiger partial charge in [0.2, 0.25) is 11.7 Å². The molecular formula is C21H18ClN5O3S. The van der Waals surface area contributed by atoms with Crippen LogP contribution in [0, 0.1) is 0 Å². The molecule has 2 aromatic carbocycles. The van der Waals surface area contributed by atoms with E-state index in [0.717, 1.165) is 40.0 Å². The number of benzene rings is 2. The van der Waals surface area contributed by atoms with E-state index in [4.69, 9.17) is 25.6 Å². The van der Waals surface area contributed by atoms with Crippen molar-refractivity contribution < 1.29 is 14.0 Å². The molecule has 2 aromatic heterocycles. The van der Waals surface area contributed by atoms with Crippen LogP contribution in [0.1, 0.15) is 12.3 Å². The van der Waals surface area contributed by atoms with Crippen LogP contribution in [0.2, 0.25) is 5.02 Å². The fourth-order valence-corrected chi connectivity index (χ4v) is 4.02. The molecule has 1 aliphatic rings. The molecule has 3 heterocycles. The Morgan fingerprint density at radius 3 is 2.61 bits per heavy atom. The summed E-state index contributed by atoms with van der Waals surface area (Å²) in [5, 5.41) is 14.1. The van der Waals surface area contributed by atoms with Crippen molar-refractivity contribution in [1.82, 2.24) is 24.9 Å². The molecule has 1 aliphatic heterocycles. The van der Waals surface area contributed by atoms with Gasteiger partial charge in [0.25, 0.3) is 0 Å². The topological polar surface area (TPSA) is 88.1 Å². The van der Waals surface area contributed by atoms with Gasteiger partial charge in [-0.25, -0.2) is 0 Å². The molecule has 5 rings (SSSR count). The third-order valence-corrected chi connectivity index (χ3v) is 5.99. The SMILES string of the molecule is Cn1c(SCc2nc(-c3ccc(Cl)cc3)no2)nnc1-c1ccc2c(c1)OCCCO2. The second-order valence-corrected chi connectivity index (χ2v) is 8.26. The van der Waals surface area contributed by atoms with Crippen molar-refractivity contribution >= 4 is 23.4 Å². The Labute approximate surface area is 187 Å². The van der Waals surface area contributed by atoms with Crippen molar-refractivity contribution in [3.8, 4) is 34.3 Å². The van der Waals surface area contributed by atoms with Gasteiger partial charge in [0.15, 0.2) is 22.5 Å². The number of ether oxygens (including phenoxy) is 2. The maximum atomic E-state index is 5.93. The first kappa shape index (κ1) is 19.9. The Balaban J connectivity index is 1.30. The molecule has 0 N–H and O–H groups in total. The van der Waals surface area contributed by atoms with E-state index in [1.54, 1.807) is 12.1 Å². The first-order valence-corrected chi connectivity index (χ1v) is 11.0.